The fraction of sp³-hybridized carbons (Fsp3) is 0.300. The number of rotatable bonds is 8. The molecular weight excluding hydrogens is 314 g/mol. The van der Waals surface area contributed by atoms with Crippen LogP contribution < -0.4 is 0 Å². The lowest BCUT2D eigenvalue weighted by Crippen LogP contribution is -2.16. The smallest absolute Gasteiger partial charge is 0.203 e. The molecule has 5 nitrogen and oxygen atoms in total. The first-order valence-electron chi connectivity index (χ1n) is 8.59. The van der Waals surface area contributed by atoms with Gasteiger partial charge in [-0.05, 0) is 19.4 Å². The van der Waals surface area contributed by atoms with Crippen molar-refractivity contribution in [2.75, 3.05) is 13.2 Å². The van der Waals surface area contributed by atoms with Crippen molar-refractivity contribution < 1.29 is 9.47 Å². The first-order chi connectivity index (χ1) is 12.3. The van der Waals surface area contributed by atoms with Crippen LogP contribution in [0, 0.1) is 0 Å². The van der Waals surface area contributed by atoms with Crippen molar-refractivity contribution in [3.63, 3.8) is 0 Å². The Morgan fingerprint density at radius 2 is 1.48 bits per heavy atom. The van der Waals surface area contributed by atoms with Gasteiger partial charge in [-0.2, -0.15) is 0 Å². The zero-order valence-electron chi connectivity index (χ0n) is 14.6. The van der Waals surface area contributed by atoms with Crippen molar-refractivity contribution in [2.45, 2.75) is 26.7 Å². The molecule has 130 valence electrons. The Hall–Kier alpha value is -2.50. The van der Waals surface area contributed by atoms with E-state index in [0.717, 1.165) is 22.5 Å². The second kappa shape index (κ2) is 8.55. The third kappa shape index (κ3) is 4.13. The molecule has 0 fully saturated rings. The number of hydrogen-bond acceptors (Lipinski definition) is 4. The van der Waals surface area contributed by atoms with E-state index < -0.39 is 6.29 Å². The summed E-state index contributed by atoms with van der Waals surface area (Å²) in [6, 6.07) is 20.2. The molecule has 0 aliphatic carbocycles. The molecule has 0 bridgehead atoms. The molecule has 5 heteroatoms. The van der Waals surface area contributed by atoms with Gasteiger partial charge >= 0.3 is 0 Å². The van der Waals surface area contributed by atoms with Crippen LogP contribution in [-0.2, 0) is 16.0 Å². The Morgan fingerprint density at radius 1 is 0.880 bits per heavy atom. The standard InChI is InChI=1S/C20H23N3O2/c1-3-24-20(25-4-2)19-18(17-13-9-6-10-14-17)21-22-23(19)15-16-11-7-5-8-12-16/h5-14,20H,3-4,15H2,1-2H3. The van der Waals surface area contributed by atoms with Crippen LogP contribution in [-0.4, -0.2) is 28.2 Å². The van der Waals surface area contributed by atoms with Gasteiger partial charge in [0.15, 0.2) is 0 Å². The van der Waals surface area contributed by atoms with E-state index in [9.17, 15) is 0 Å². The van der Waals surface area contributed by atoms with Gasteiger partial charge in [-0.3, -0.25) is 0 Å². The van der Waals surface area contributed by atoms with Crippen molar-refractivity contribution in [3.8, 4) is 11.3 Å². The topological polar surface area (TPSA) is 49.2 Å². The second-order valence-electron chi connectivity index (χ2n) is 5.58. The van der Waals surface area contributed by atoms with Gasteiger partial charge in [0, 0.05) is 18.8 Å². The van der Waals surface area contributed by atoms with Crippen LogP contribution in [0.4, 0.5) is 0 Å². The van der Waals surface area contributed by atoms with Gasteiger partial charge in [0.25, 0.3) is 0 Å². The highest BCUT2D eigenvalue weighted by Crippen LogP contribution is 2.29. The van der Waals surface area contributed by atoms with E-state index in [-0.39, 0.29) is 0 Å². The third-order valence-electron chi connectivity index (χ3n) is 3.86. The van der Waals surface area contributed by atoms with Crippen LogP contribution in [0.1, 0.15) is 31.4 Å². The minimum atomic E-state index is -0.496. The van der Waals surface area contributed by atoms with Crippen LogP contribution in [0.5, 0.6) is 0 Å². The minimum absolute atomic E-state index is 0.496. The second-order valence-corrected chi connectivity index (χ2v) is 5.58. The molecule has 2 aromatic carbocycles. The van der Waals surface area contributed by atoms with Gasteiger partial charge in [0.1, 0.15) is 11.4 Å². The summed E-state index contributed by atoms with van der Waals surface area (Å²) in [6.07, 6.45) is -0.496. The van der Waals surface area contributed by atoms with E-state index in [4.69, 9.17) is 9.47 Å². The van der Waals surface area contributed by atoms with Crippen molar-refractivity contribution in [1.29, 1.82) is 0 Å². The molecule has 3 rings (SSSR count). The number of aromatic nitrogens is 3. The molecule has 0 N–H and O–H groups in total. The van der Waals surface area contributed by atoms with Crippen LogP contribution in [0.15, 0.2) is 60.7 Å². The van der Waals surface area contributed by atoms with Crippen LogP contribution >= 0.6 is 0 Å². The predicted octanol–water partition coefficient (Wildman–Crippen LogP) is 4.07. The van der Waals surface area contributed by atoms with Gasteiger partial charge < -0.3 is 9.47 Å². The molecule has 0 aliphatic heterocycles. The monoisotopic (exact) mass is 337 g/mol. The third-order valence-corrected chi connectivity index (χ3v) is 3.86. The Labute approximate surface area is 148 Å². The summed E-state index contributed by atoms with van der Waals surface area (Å²) in [5.41, 5.74) is 3.79. The summed E-state index contributed by atoms with van der Waals surface area (Å²) in [4.78, 5) is 0. The first kappa shape index (κ1) is 17.3. The minimum Gasteiger partial charge on any atom is -0.347 e. The molecule has 0 aliphatic rings. The molecule has 0 amide bonds. The van der Waals surface area contributed by atoms with Gasteiger partial charge in [0.2, 0.25) is 6.29 Å². The maximum Gasteiger partial charge on any atom is 0.203 e. The van der Waals surface area contributed by atoms with E-state index in [0.29, 0.717) is 19.8 Å². The van der Waals surface area contributed by atoms with Crippen LogP contribution in [0.2, 0.25) is 0 Å². The van der Waals surface area contributed by atoms with E-state index in [1.54, 1.807) is 0 Å². The number of ether oxygens (including phenoxy) is 2. The molecule has 0 saturated carbocycles. The zero-order chi connectivity index (χ0) is 17.5. The fourth-order valence-electron chi connectivity index (χ4n) is 2.74. The van der Waals surface area contributed by atoms with Crippen molar-refractivity contribution in [1.82, 2.24) is 15.0 Å². The lowest BCUT2D eigenvalue weighted by atomic mass is 10.1. The highest BCUT2D eigenvalue weighted by atomic mass is 16.7. The van der Waals surface area contributed by atoms with Gasteiger partial charge in [-0.1, -0.05) is 65.9 Å². The Bertz CT molecular complexity index is 766. The SMILES string of the molecule is CCOC(OCC)c1c(-c2ccccc2)nnn1Cc1ccccc1. The molecule has 3 aromatic rings. The average Bonchev–Trinajstić information content (AvgIpc) is 3.06. The van der Waals surface area contributed by atoms with Crippen molar-refractivity contribution in [3.05, 3.63) is 71.9 Å². The molecule has 0 unspecified atom stereocenters. The molecule has 0 saturated heterocycles. The Morgan fingerprint density at radius 3 is 2.08 bits per heavy atom. The van der Waals surface area contributed by atoms with Crippen LogP contribution in [0.25, 0.3) is 11.3 Å². The summed E-state index contributed by atoms with van der Waals surface area (Å²) >= 11 is 0. The lowest BCUT2D eigenvalue weighted by molar-refractivity contribution is -0.144. The van der Waals surface area contributed by atoms with E-state index >= 15 is 0 Å². The summed E-state index contributed by atoms with van der Waals surface area (Å²) in [7, 11) is 0. The molecule has 0 radical (unpaired) electrons. The van der Waals surface area contributed by atoms with E-state index in [2.05, 4.69) is 22.4 Å². The molecule has 25 heavy (non-hydrogen) atoms. The highest BCUT2D eigenvalue weighted by molar-refractivity contribution is 5.61. The zero-order valence-corrected chi connectivity index (χ0v) is 14.6. The first-order valence-corrected chi connectivity index (χ1v) is 8.59. The van der Waals surface area contributed by atoms with Gasteiger partial charge in [-0.15, -0.1) is 5.10 Å². The van der Waals surface area contributed by atoms with Crippen LogP contribution in [0.3, 0.4) is 0 Å². The maximum atomic E-state index is 5.84. The van der Waals surface area contributed by atoms with Crippen molar-refractivity contribution >= 4 is 0 Å². The quantitative estimate of drug-likeness (QED) is 0.582. The van der Waals surface area contributed by atoms with Gasteiger partial charge in [0.05, 0.1) is 6.54 Å². The summed E-state index contributed by atoms with van der Waals surface area (Å²) < 4.78 is 13.6. The predicted molar refractivity (Wildman–Crippen MR) is 97.0 cm³/mol. The molecule has 1 heterocycles. The Kier molecular flexibility index (Phi) is 5.93. The molecule has 1 aromatic heterocycles. The summed E-state index contributed by atoms with van der Waals surface area (Å²) in [6.45, 7) is 5.64. The van der Waals surface area contributed by atoms with Gasteiger partial charge in [-0.25, -0.2) is 4.68 Å². The molecular formula is C20H23N3O2. The van der Waals surface area contributed by atoms with E-state index in [1.165, 1.54) is 0 Å². The average molecular weight is 337 g/mol. The summed E-state index contributed by atoms with van der Waals surface area (Å²) in [5.74, 6) is 0. The maximum absolute atomic E-state index is 5.84. The highest BCUT2D eigenvalue weighted by Gasteiger charge is 2.24. The number of nitrogens with zero attached hydrogens (tertiary/aromatic N) is 3. The Balaban J connectivity index is 2.04. The molecule has 0 atom stereocenters. The molecule has 0 spiro atoms. The van der Waals surface area contributed by atoms with E-state index in [1.807, 2.05) is 67.1 Å². The largest absolute Gasteiger partial charge is 0.347 e. The van der Waals surface area contributed by atoms with Crippen molar-refractivity contribution in [2.24, 2.45) is 0 Å². The fourth-order valence-corrected chi connectivity index (χ4v) is 2.74. The normalized spacial score (nSPS) is 11.2. The number of hydrogen-bond donors (Lipinski definition) is 0. The summed E-state index contributed by atoms with van der Waals surface area (Å²) in [5, 5.41) is 8.80. The lowest BCUT2D eigenvalue weighted by Gasteiger charge is -2.19. The number of benzene rings is 2.